The second kappa shape index (κ2) is 6.01. The topological polar surface area (TPSA) is 89.3 Å². The lowest BCUT2D eigenvalue weighted by Crippen LogP contribution is -2.34. The summed E-state index contributed by atoms with van der Waals surface area (Å²) in [4.78, 5) is 12.5. The first kappa shape index (κ1) is 15.5. The normalized spacial score (nSPS) is 22.3. The fraction of sp³-hybridized carbons (Fsp3) is 0.562. The molecule has 1 amide bonds. The molecule has 2 aliphatic carbocycles. The number of amides is 1. The van der Waals surface area contributed by atoms with Crippen molar-refractivity contribution in [3.05, 3.63) is 29.3 Å². The number of benzene rings is 1. The second-order valence-corrected chi connectivity index (χ2v) is 7.90. The van der Waals surface area contributed by atoms with Gasteiger partial charge in [0.25, 0.3) is 0 Å². The molecule has 0 aromatic heterocycles. The molecule has 22 heavy (non-hydrogen) atoms. The van der Waals surface area contributed by atoms with Crippen molar-refractivity contribution in [1.82, 2.24) is 5.32 Å². The third-order valence-corrected chi connectivity index (χ3v) is 5.72. The van der Waals surface area contributed by atoms with Gasteiger partial charge in [-0.05, 0) is 48.9 Å². The summed E-state index contributed by atoms with van der Waals surface area (Å²) in [7, 11) is -3.67. The van der Waals surface area contributed by atoms with Crippen molar-refractivity contribution in [2.45, 2.75) is 55.9 Å². The zero-order chi connectivity index (χ0) is 15.7. The summed E-state index contributed by atoms with van der Waals surface area (Å²) in [5.74, 6) is 0.287. The lowest BCUT2D eigenvalue weighted by Gasteiger charge is -2.23. The number of hydrogen-bond acceptors (Lipinski definition) is 3. The van der Waals surface area contributed by atoms with Gasteiger partial charge in [0.05, 0.1) is 10.9 Å². The summed E-state index contributed by atoms with van der Waals surface area (Å²) in [5, 5.41) is 8.31. The fourth-order valence-corrected chi connectivity index (χ4v) is 4.14. The van der Waals surface area contributed by atoms with Crippen LogP contribution >= 0.6 is 0 Å². The van der Waals surface area contributed by atoms with E-state index < -0.39 is 10.0 Å². The van der Waals surface area contributed by atoms with Gasteiger partial charge in [-0.1, -0.05) is 25.3 Å². The van der Waals surface area contributed by atoms with Gasteiger partial charge in [0, 0.05) is 5.92 Å². The largest absolute Gasteiger partial charge is 0.349 e. The lowest BCUT2D eigenvalue weighted by atomic mass is 9.88. The molecule has 3 rings (SSSR count). The molecule has 6 heteroatoms. The van der Waals surface area contributed by atoms with Gasteiger partial charge in [-0.3, -0.25) is 4.79 Å². The van der Waals surface area contributed by atoms with E-state index in [1.807, 2.05) is 0 Å². The third kappa shape index (κ3) is 3.17. The van der Waals surface area contributed by atoms with E-state index >= 15 is 0 Å². The second-order valence-electron chi connectivity index (χ2n) is 6.34. The first-order valence-electron chi connectivity index (χ1n) is 7.91. The van der Waals surface area contributed by atoms with E-state index in [0.717, 1.165) is 49.7 Å². The van der Waals surface area contributed by atoms with Gasteiger partial charge >= 0.3 is 0 Å². The number of nitrogens with two attached hydrogens (primary N) is 1. The van der Waals surface area contributed by atoms with Crippen molar-refractivity contribution in [1.29, 1.82) is 0 Å². The van der Waals surface area contributed by atoms with E-state index in [9.17, 15) is 13.2 Å². The highest BCUT2D eigenvalue weighted by Gasteiger charge is 2.28. The molecule has 1 aromatic rings. The number of aryl methyl sites for hydroxylation is 1. The molecule has 1 aromatic carbocycles. The van der Waals surface area contributed by atoms with Crippen LogP contribution in [0.2, 0.25) is 0 Å². The summed E-state index contributed by atoms with van der Waals surface area (Å²) in [6.45, 7) is 0. The monoisotopic (exact) mass is 322 g/mol. The predicted molar refractivity (Wildman–Crippen MR) is 83.6 cm³/mol. The van der Waals surface area contributed by atoms with Gasteiger partial charge in [0.1, 0.15) is 0 Å². The van der Waals surface area contributed by atoms with Crippen LogP contribution in [0.1, 0.15) is 55.7 Å². The Morgan fingerprint density at radius 1 is 1.14 bits per heavy atom. The van der Waals surface area contributed by atoms with Gasteiger partial charge in [-0.25, -0.2) is 13.6 Å². The van der Waals surface area contributed by atoms with Crippen LogP contribution in [-0.4, -0.2) is 14.3 Å². The lowest BCUT2D eigenvalue weighted by molar-refractivity contribution is -0.126. The minimum atomic E-state index is -3.67. The van der Waals surface area contributed by atoms with Crippen molar-refractivity contribution in [3.63, 3.8) is 0 Å². The number of primary sulfonamides is 1. The van der Waals surface area contributed by atoms with Crippen molar-refractivity contribution >= 4 is 15.9 Å². The van der Waals surface area contributed by atoms with E-state index in [1.54, 1.807) is 12.1 Å². The Hall–Kier alpha value is -1.40. The SMILES string of the molecule is NS(=O)(=O)c1ccc2c(c1)CCC2NC(=O)C1CCCCC1. The highest BCUT2D eigenvalue weighted by atomic mass is 32.2. The first-order valence-corrected chi connectivity index (χ1v) is 9.46. The Labute approximate surface area is 131 Å². The van der Waals surface area contributed by atoms with Crippen LogP contribution in [0.5, 0.6) is 0 Å². The Morgan fingerprint density at radius 2 is 1.86 bits per heavy atom. The van der Waals surface area contributed by atoms with Gasteiger partial charge in [-0.2, -0.15) is 0 Å². The maximum atomic E-state index is 12.4. The van der Waals surface area contributed by atoms with Gasteiger partial charge < -0.3 is 5.32 Å². The molecule has 0 saturated heterocycles. The molecule has 0 radical (unpaired) electrons. The van der Waals surface area contributed by atoms with Crippen LogP contribution < -0.4 is 10.5 Å². The van der Waals surface area contributed by atoms with E-state index in [-0.39, 0.29) is 22.8 Å². The molecule has 0 aliphatic heterocycles. The van der Waals surface area contributed by atoms with Crippen LogP contribution in [0, 0.1) is 5.92 Å². The number of sulfonamides is 1. The summed E-state index contributed by atoms with van der Waals surface area (Å²) in [6, 6.07) is 4.95. The molecule has 120 valence electrons. The molecule has 0 bridgehead atoms. The van der Waals surface area contributed by atoms with Crippen LogP contribution in [0.15, 0.2) is 23.1 Å². The number of nitrogens with one attached hydrogen (secondary N) is 1. The molecule has 3 N–H and O–H groups in total. The molecule has 0 heterocycles. The maximum Gasteiger partial charge on any atom is 0.238 e. The van der Waals surface area contributed by atoms with Crippen LogP contribution in [-0.2, 0) is 21.2 Å². The summed E-state index contributed by atoms with van der Waals surface area (Å²) < 4.78 is 22.8. The molecule has 1 saturated carbocycles. The number of rotatable bonds is 3. The van der Waals surface area contributed by atoms with Crippen LogP contribution in [0.25, 0.3) is 0 Å². The maximum absolute atomic E-state index is 12.4. The van der Waals surface area contributed by atoms with E-state index in [4.69, 9.17) is 5.14 Å². The minimum absolute atomic E-state index is 0.000967. The van der Waals surface area contributed by atoms with Crippen molar-refractivity contribution < 1.29 is 13.2 Å². The predicted octanol–water partition coefficient (Wildman–Crippen LogP) is 2.02. The Kier molecular flexibility index (Phi) is 4.23. The summed E-state index contributed by atoms with van der Waals surface area (Å²) in [6.07, 6.45) is 7.06. The Bertz CT molecular complexity index is 679. The number of hydrogen-bond donors (Lipinski definition) is 2. The summed E-state index contributed by atoms with van der Waals surface area (Å²) in [5.41, 5.74) is 2.00. The number of carbonyl (C=O) groups is 1. The zero-order valence-electron chi connectivity index (χ0n) is 12.5. The average molecular weight is 322 g/mol. The standard InChI is InChI=1S/C16H22N2O3S/c17-22(20,21)13-7-8-14-12(10-13)6-9-15(14)18-16(19)11-4-2-1-3-5-11/h7-8,10-11,15H,1-6,9H2,(H,18,19)(H2,17,20,21). The molecule has 1 fully saturated rings. The molecule has 1 unspecified atom stereocenters. The summed E-state index contributed by atoms with van der Waals surface area (Å²) >= 11 is 0. The fourth-order valence-electron chi connectivity index (χ4n) is 3.58. The highest BCUT2D eigenvalue weighted by molar-refractivity contribution is 7.89. The number of fused-ring (bicyclic) bond motifs is 1. The molecule has 1 atom stereocenters. The minimum Gasteiger partial charge on any atom is -0.349 e. The Balaban J connectivity index is 1.73. The molecular formula is C16H22N2O3S. The van der Waals surface area contributed by atoms with Crippen molar-refractivity contribution in [2.75, 3.05) is 0 Å². The van der Waals surface area contributed by atoms with E-state index in [2.05, 4.69) is 5.32 Å². The van der Waals surface area contributed by atoms with Crippen LogP contribution in [0.3, 0.4) is 0 Å². The van der Waals surface area contributed by atoms with E-state index in [0.29, 0.717) is 0 Å². The third-order valence-electron chi connectivity index (χ3n) is 4.81. The molecular weight excluding hydrogens is 300 g/mol. The smallest absolute Gasteiger partial charge is 0.238 e. The highest BCUT2D eigenvalue weighted by Crippen LogP contribution is 2.33. The number of carbonyl (C=O) groups excluding carboxylic acids is 1. The average Bonchev–Trinajstić information content (AvgIpc) is 2.89. The molecule has 0 spiro atoms. The van der Waals surface area contributed by atoms with Crippen LogP contribution in [0.4, 0.5) is 0 Å². The quantitative estimate of drug-likeness (QED) is 0.892. The van der Waals surface area contributed by atoms with Gasteiger partial charge in [-0.15, -0.1) is 0 Å². The van der Waals surface area contributed by atoms with Crippen molar-refractivity contribution in [3.8, 4) is 0 Å². The zero-order valence-corrected chi connectivity index (χ0v) is 13.4. The first-order chi connectivity index (χ1) is 10.4. The Morgan fingerprint density at radius 3 is 2.55 bits per heavy atom. The molecule has 5 nitrogen and oxygen atoms in total. The molecule has 2 aliphatic rings. The van der Waals surface area contributed by atoms with E-state index in [1.165, 1.54) is 12.5 Å². The van der Waals surface area contributed by atoms with Gasteiger partial charge in [0.2, 0.25) is 15.9 Å². The van der Waals surface area contributed by atoms with Gasteiger partial charge in [0.15, 0.2) is 0 Å². The van der Waals surface area contributed by atoms with Crippen molar-refractivity contribution in [2.24, 2.45) is 11.1 Å².